The third-order valence-corrected chi connectivity index (χ3v) is 2.30. The number of H-pyrrole nitrogens is 1. The lowest BCUT2D eigenvalue weighted by atomic mass is 10.3. The van der Waals surface area contributed by atoms with Gasteiger partial charge in [0.05, 0.1) is 16.4 Å². The summed E-state index contributed by atoms with van der Waals surface area (Å²) in [5.41, 5.74) is 0.872. The van der Waals surface area contributed by atoms with Crippen LogP contribution in [0.2, 0.25) is 0 Å². The first-order valence-corrected chi connectivity index (χ1v) is 4.83. The van der Waals surface area contributed by atoms with Crippen molar-refractivity contribution in [3.63, 3.8) is 0 Å². The first kappa shape index (κ1) is 9.78. The van der Waals surface area contributed by atoms with E-state index in [-0.39, 0.29) is 11.6 Å². The van der Waals surface area contributed by atoms with E-state index in [4.69, 9.17) is 0 Å². The van der Waals surface area contributed by atoms with Crippen molar-refractivity contribution < 1.29 is 4.79 Å². The van der Waals surface area contributed by atoms with Crippen LogP contribution in [-0.2, 0) is 0 Å². The Morgan fingerprint density at radius 1 is 1.47 bits per heavy atom. The maximum absolute atomic E-state index is 11.6. The van der Waals surface area contributed by atoms with Crippen LogP contribution in [0.5, 0.6) is 0 Å². The normalized spacial score (nSPS) is 9.93. The Labute approximate surface area is 93.2 Å². The maximum atomic E-state index is 11.6. The van der Waals surface area contributed by atoms with Crippen molar-refractivity contribution in [2.45, 2.75) is 0 Å². The minimum atomic E-state index is -0.323. The molecule has 0 aliphatic rings. The molecule has 0 atom stereocenters. The highest BCUT2D eigenvalue weighted by Crippen LogP contribution is 2.20. The molecule has 15 heavy (non-hydrogen) atoms. The van der Waals surface area contributed by atoms with Gasteiger partial charge < -0.3 is 5.32 Å². The van der Waals surface area contributed by atoms with Gasteiger partial charge in [-0.1, -0.05) is 0 Å². The van der Waals surface area contributed by atoms with Crippen LogP contribution in [0.3, 0.4) is 0 Å². The van der Waals surface area contributed by atoms with Crippen molar-refractivity contribution in [3.05, 3.63) is 34.8 Å². The Morgan fingerprint density at radius 3 is 3.00 bits per heavy atom. The average molecular weight is 268 g/mol. The molecule has 2 aromatic heterocycles. The molecule has 2 aromatic rings. The second-order valence-electron chi connectivity index (χ2n) is 2.66. The molecule has 0 fully saturated rings. The molecular formula is C8H6BrN5O. The van der Waals surface area contributed by atoms with Gasteiger partial charge in [0.2, 0.25) is 0 Å². The largest absolute Gasteiger partial charge is 0.319 e. The zero-order valence-corrected chi connectivity index (χ0v) is 9.02. The number of carbonyl (C=O) groups is 1. The fourth-order valence-electron chi connectivity index (χ4n) is 0.974. The molecule has 0 aliphatic carbocycles. The van der Waals surface area contributed by atoms with Crippen molar-refractivity contribution in [2.75, 3.05) is 5.32 Å². The van der Waals surface area contributed by atoms with Crippen molar-refractivity contribution in [1.82, 2.24) is 20.4 Å². The number of pyridine rings is 1. The van der Waals surface area contributed by atoms with E-state index in [1.165, 1.54) is 6.20 Å². The number of rotatable bonds is 2. The van der Waals surface area contributed by atoms with Gasteiger partial charge in [0.1, 0.15) is 0 Å². The van der Waals surface area contributed by atoms with Gasteiger partial charge in [-0.15, -0.1) is 0 Å². The highest BCUT2D eigenvalue weighted by Gasteiger charge is 2.10. The predicted octanol–water partition coefficient (Wildman–Crippen LogP) is 1.21. The van der Waals surface area contributed by atoms with Crippen LogP contribution < -0.4 is 5.32 Å². The van der Waals surface area contributed by atoms with Crippen LogP contribution in [0.4, 0.5) is 5.69 Å². The van der Waals surface area contributed by atoms with Gasteiger partial charge in [-0.25, -0.2) is 0 Å². The third kappa shape index (κ3) is 2.18. The molecule has 2 N–H and O–H groups in total. The van der Waals surface area contributed by atoms with E-state index in [9.17, 15) is 4.79 Å². The van der Waals surface area contributed by atoms with Crippen LogP contribution in [0, 0.1) is 0 Å². The zero-order chi connectivity index (χ0) is 10.7. The molecule has 0 bridgehead atoms. The lowest BCUT2D eigenvalue weighted by molar-refractivity contribution is 0.102. The lowest BCUT2D eigenvalue weighted by Crippen LogP contribution is -2.12. The molecule has 76 valence electrons. The van der Waals surface area contributed by atoms with Gasteiger partial charge in [0.15, 0.2) is 5.69 Å². The number of nitrogens with zero attached hydrogens (tertiary/aromatic N) is 3. The summed E-state index contributed by atoms with van der Waals surface area (Å²) >= 11 is 3.27. The van der Waals surface area contributed by atoms with Gasteiger partial charge in [0, 0.05) is 12.4 Å². The number of carbonyl (C=O) groups excluding carboxylic acids is 1. The van der Waals surface area contributed by atoms with E-state index in [0.29, 0.717) is 10.2 Å². The van der Waals surface area contributed by atoms with Gasteiger partial charge in [-0.2, -0.15) is 15.4 Å². The molecule has 1 amide bonds. The molecule has 7 heteroatoms. The number of halogens is 1. The van der Waals surface area contributed by atoms with Gasteiger partial charge >= 0.3 is 0 Å². The number of hydrogen-bond acceptors (Lipinski definition) is 4. The zero-order valence-electron chi connectivity index (χ0n) is 7.44. The summed E-state index contributed by atoms with van der Waals surface area (Å²) in [5.74, 6) is -0.323. The summed E-state index contributed by atoms with van der Waals surface area (Å²) in [5, 5.41) is 12.2. The minimum Gasteiger partial charge on any atom is -0.319 e. The molecule has 6 nitrogen and oxygen atoms in total. The van der Waals surface area contributed by atoms with Crippen molar-refractivity contribution >= 4 is 27.5 Å². The highest BCUT2D eigenvalue weighted by atomic mass is 79.9. The first-order chi connectivity index (χ1) is 7.27. The predicted molar refractivity (Wildman–Crippen MR) is 56.3 cm³/mol. The van der Waals surface area contributed by atoms with Gasteiger partial charge in [0.25, 0.3) is 5.91 Å². The quantitative estimate of drug-likeness (QED) is 0.857. The average Bonchev–Trinajstić information content (AvgIpc) is 2.74. The third-order valence-electron chi connectivity index (χ3n) is 1.67. The van der Waals surface area contributed by atoms with E-state index >= 15 is 0 Å². The summed E-state index contributed by atoms with van der Waals surface area (Å²) in [6, 6.07) is 1.68. The fourth-order valence-corrected chi connectivity index (χ4v) is 1.32. The molecule has 2 heterocycles. The van der Waals surface area contributed by atoms with E-state index in [2.05, 4.69) is 41.6 Å². The number of aromatic nitrogens is 4. The lowest BCUT2D eigenvalue weighted by Gasteiger charge is -2.03. The van der Waals surface area contributed by atoms with Crippen LogP contribution in [0.25, 0.3) is 0 Å². The fraction of sp³-hybridized carbons (Fsp3) is 0. The summed E-state index contributed by atoms with van der Waals surface area (Å²) in [6.45, 7) is 0. The van der Waals surface area contributed by atoms with E-state index in [0.717, 1.165) is 0 Å². The number of hydrogen-bond donors (Lipinski definition) is 2. The summed E-state index contributed by atoms with van der Waals surface area (Å²) in [6.07, 6.45) is 4.53. The Kier molecular flexibility index (Phi) is 2.72. The molecule has 0 aliphatic heterocycles. The summed E-state index contributed by atoms with van der Waals surface area (Å²) in [4.78, 5) is 15.4. The minimum absolute atomic E-state index is 0.235. The highest BCUT2D eigenvalue weighted by molar-refractivity contribution is 9.10. The second kappa shape index (κ2) is 4.18. The van der Waals surface area contributed by atoms with Crippen molar-refractivity contribution in [3.8, 4) is 0 Å². The van der Waals surface area contributed by atoms with Gasteiger partial charge in [-0.05, 0) is 22.0 Å². The van der Waals surface area contributed by atoms with E-state index in [1.54, 1.807) is 18.5 Å². The van der Waals surface area contributed by atoms with Crippen molar-refractivity contribution in [1.29, 1.82) is 0 Å². The molecule has 0 spiro atoms. The Balaban J connectivity index is 2.17. The molecule has 2 rings (SSSR count). The number of anilines is 1. The molecular weight excluding hydrogens is 262 g/mol. The van der Waals surface area contributed by atoms with Gasteiger partial charge in [-0.3, -0.25) is 9.78 Å². The standard InChI is InChI=1S/C8H6BrN5O/c9-5-3-10-2-1-6(5)12-8(15)7-4-11-14-13-7/h1-4H,(H,10,12,15)(H,11,13,14). The molecule has 0 aromatic carbocycles. The SMILES string of the molecule is O=C(Nc1ccncc1Br)c1cn[nH]n1. The Morgan fingerprint density at radius 2 is 2.33 bits per heavy atom. The van der Waals surface area contributed by atoms with Crippen molar-refractivity contribution in [2.24, 2.45) is 0 Å². The Hall–Kier alpha value is -1.76. The molecule has 0 saturated heterocycles. The maximum Gasteiger partial charge on any atom is 0.277 e. The van der Waals surface area contributed by atoms with Crippen LogP contribution in [0.15, 0.2) is 29.1 Å². The summed E-state index contributed by atoms with van der Waals surface area (Å²) < 4.78 is 0.710. The van der Waals surface area contributed by atoms with E-state index in [1.807, 2.05) is 0 Å². The number of aromatic amines is 1. The second-order valence-corrected chi connectivity index (χ2v) is 3.52. The molecule has 0 unspecified atom stereocenters. The van der Waals surface area contributed by atoms with E-state index < -0.39 is 0 Å². The summed E-state index contributed by atoms with van der Waals surface area (Å²) in [7, 11) is 0. The van der Waals surface area contributed by atoms with Crippen LogP contribution in [-0.4, -0.2) is 26.3 Å². The molecule has 0 radical (unpaired) electrons. The number of amides is 1. The first-order valence-electron chi connectivity index (χ1n) is 4.04. The monoisotopic (exact) mass is 267 g/mol. The smallest absolute Gasteiger partial charge is 0.277 e. The topological polar surface area (TPSA) is 83.6 Å². The Bertz CT molecular complexity index is 470. The molecule has 0 saturated carbocycles. The van der Waals surface area contributed by atoms with Crippen LogP contribution >= 0.6 is 15.9 Å². The number of nitrogens with one attached hydrogen (secondary N) is 2. The van der Waals surface area contributed by atoms with Crippen LogP contribution in [0.1, 0.15) is 10.5 Å².